The summed E-state index contributed by atoms with van der Waals surface area (Å²) >= 11 is 0. The van der Waals surface area contributed by atoms with Crippen molar-refractivity contribution in [1.29, 1.82) is 0 Å². The maximum Gasteiger partial charge on any atom is 0.254 e. The van der Waals surface area contributed by atoms with E-state index < -0.39 is 0 Å². The predicted molar refractivity (Wildman–Crippen MR) is 63.1 cm³/mol. The van der Waals surface area contributed by atoms with E-state index in [1.807, 2.05) is 6.92 Å². The van der Waals surface area contributed by atoms with Gasteiger partial charge in [-0.05, 0) is 31.2 Å². The molecule has 1 saturated carbocycles. The molecule has 0 aromatic carbocycles. The molecule has 0 spiro atoms. The Balaban J connectivity index is 2.02. The Hall–Kier alpha value is -1.58. The number of carbonyl (C=O) groups excluding carboxylic acids is 1. The van der Waals surface area contributed by atoms with Crippen LogP contribution >= 0.6 is 0 Å². The summed E-state index contributed by atoms with van der Waals surface area (Å²) < 4.78 is 0. The van der Waals surface area contributed by atoms with Crippen molar-refractivity contribution in [3.8, 4) is 0 Å². The number of rotatable bonds is 3. The van der Waals surface area contributed by atoms with Crippen molar-refractivity contribution >= 4 is 11.6 Å². The molecule has 1 amide bonds. The fraction of sp³-hybridized carbons (Fsp3) is 0.500. The average Bonchev–Trinajstić information content (AvgIpc) is 2.94. The monoisotopic (exact) mass is 219 g/mol. The van der Waals surface area contributed by atoms with Gasteiger partial charge in [0.2, 0.25) is 0 Å². The van der Waals surface area contributed by atoms with Crippen molar-refractivity contribution in [1.82, 2.24) is 10.3 Å². The van der Waals surface area contributed by atoms with E-state index in [0.717, 1.165) is 12.2 Å². The molecule has 1 aromatic rings. The van der Waals surface area contributed by atoms with E-state index in [4.69, 9.17) is 5.73 Å². The number of nitrogens with zero attached hydrogens (tertiary/aromatic N) is 1. The Morgan fingerprint density at radius 3 is 2.88 bits per heavy atom. The number of nitrogens with one attached hydrogen (secondary N) is 1. The number of aromatic nitrogens is 1. The van der Waals surface area contributed by atoms with Crippen LogP contribution < -0.4 is 11.1 Å². The van der Waals surface area contributed by atoms with Crippen molar-refractivity contribution in [2.45, 2.75) is 26.7 Å². The largest absolute Gasteiger partial charge is 0.398 e. The normalized spacial score (nSPS) is 16.9. The van der Waals surface area contributed by atoms with Gasteiger partial charge in [0.05, 0.1) is 5.56 Å². The van der Waals surface area contributed by atoms with E-state index in [1.54, 1.807) is 6.07 Å². The third kappa shape index (κ3) is 2.32. The minimum Gasteiger partial charge on any atom is -0.398 e. The van der Waals surface area contributed by atoms with Gasteiger partial charge in [-0.1, -0.05) is 6.92 Å². The average molecular weight is 219 g/mol. The summed E-state index contributed by atoms with van der Waals surface area (Å²) in [6.07, 6.45) is 3.92. The number of aryl methyl sites for hydroxylation is 1. The second kappa shape index (κ2) is 3.77. The molecule has 3 N–H and O–H groups in total. The van der Waals surface area contributed by atoms with Gasteiger partial charge in [-0.3, -0.25) is 9.78 Å². The summed E-state index contributed by atoms with van der Waals surface area (Å²) in [6.45, 7) is 4.74. The maximum atomic E-state index is 11.8. The highest BCUT2D eigenvalue weighted by Crippen LogP contribution is 2.44. The second-order valence-electron chi connectivity index (χ2n) is 4.91. The van der Waals surface area contributed by atoms with E-state index >= 15 is 0 Å². The summed E-state index contributed by atoms with van der Waals surface area (Å²) in [4.78, 5) is 15.9. The lowest BCUT2D eigenvalue weighted by molar-refractivity contribution is 0.0946. The molecule has 4 heteroatoms. The molecule has 86 valence electrons. The fourth-order valence-corrected chi connectivity index (χ4v) is 1.55. The molecule has 0 unspecified atom stereocenters. The summed E-state index contributed by atoms with van der Waals surface area (Å²) in [5, 5.41) is 2.90. The van der Waals surface area contributed by atoms with Crippen LogP contribution in [0.5, 0.6) is 0 Å². The van der Waals surface area contributed by atoms with Crippen molar-refractivity contribution in [2.24, 2.45) is 5.41 Å². The number of hydrogen-bond donors (Lipinski definition) is 2. The van der Waals surface area contributed by atoms with Gasteiger partial charge in [-0.25, -0.2) is 0 Å². The highest BCUT2D eigenvalue weighted by molar-refractivity contribution is 5.98. The van der Waals surface area contributed by atoms with Crippen LogP contribution in [-0.4, -0.2) is 17.4 Å². The van der Waals surface area contributed by atoms with Gasteiger partial charge in [-0.2, -0.15) is 0 Å². The molecule has 1 aliphatic carbocycles. The van der Waals surface area contributed by atoms with Crippen molar-refractivity contribution in [3.05, 3.63) is 23.5 Å². The Labute approximate surface area is 95.3 Å². The third-order valence-electron chi connectivity index (χ3n) is 3.10. The zero-order valence-electron chi connectivity index (χ0n) is 9.71. The zero-order valence-corrected chi connectivity index (χ0v) is 9.71. The van der Waals surface area contributed by atoms with Gasteiger partial charge in [0.1, 0.15) is 0 Å². The van der Waals surface area contributed by atoms with Gasteiger partial charge in [0.25, 0.3) is 5.91 Å². The summed E-state index contributed by atoms with van der Waals surface area (Å²) in [5.74, 6) is -0.127. The smallest absolute Gasteiger partial charge is 0.254 e. The first-order chi connectivity index (χ1) is 7.50. The topological polar surface area (TPSA) is 68.0 Å². The molecule has 4 nitrogen and oxygen atoms in total. The lowest BCUT2D eigenvalue weighted by atomic mass is 10.1. The van der Waals surface area contributed by atoms with Gasteiger partial charge >= 0.3 is 0 Å². The number of hydrogen-bond acceptors (Lipinski definition) is 3. The summed E-state index contributed by atoms with van der Waals surface area (Å²) in [6, 6.07) is 1.72. The molecule has 1 aliphatic rings. The van der Waals surface area contributed by atoms with Crippen LogP contribution in [0.4, 0.5) is 5.69 Å². The standard InChI is InChI=1S/C12H17N3O/c1-8-5-10(13)9(6-14-8)11(16)15-7-12(2)3-4-12/h5-6H,3-4,7H2,1-2H3,(H2,13,14)(H,15,16). The van der Waals surface area contributed by atoms with E-state index in [2.05, 4.69) is 17.2 Å². The third-order valence-corrected chi connectivity index (χ3v) is 3.10. The first kappa shape index (κ1) is 10.9. The van der Waals surface area contributed by atoms with Crippen LogP contribution in [0.3, 0.4) is 0 Å². The quantitative estimate of drug-likeness (QED) is 0.809. The van der Waals surface area contributed by atoms with Gasteiger partial charge < -0.3 is 11.1 Å². The molecule has 0 atom stereocenters. The van der Waals surface area contributed by atoms with Gasteiger partial charge in [-0.15, -0.1) is 0 Å². The Morgan fingerprint density at radius 1 is 1.62 bits per heavy atom. The van der Waals surface area contributed by atoms with Crippen LogP contribution in [0.25, 0.3) is 0 Å². The Kier molecular flexibility index (Phi) is 2.58. The molecule has 1 fully saturated rings. The molecule has 1 heterocycles. The number of anilines is 1. The van der Waals surface area contributed by atoms with Crippen LogP contribution in [0, 0.1) is 12.3 Å². The second-order valence-corrected chi connectivity index (χ2v) is 4.91. The van der Waals surface area contributed by atoms with Crippen molar-refractivity contribution < 1.29 is 4.79 Å². The molecule has 0 bridgehead atoms. The van der Waals surface area contributed by atoms with Crippen molar-refractivity contribution in [3.63, 3.8) is 0 Å². The Morgan fingerprint density at radius 2 is 2.31 bits per heavy atom. The van der Waals surface area contributed by atoms with Crippen molar-refractivity contribution in [2.75, 3.05) is 12.3 Å². The van der Waals surface area contributed by atoms with Crippen LogP contribution in [0.2, 0.25) is 0 Å². The van der Waals surface area contributed by atoms with Crippen LogP contribution in [-0.2, 0) is 0 Å². The first-order valence-corrected chi connectivity index (χ1v) is 5.50. The summed E-state index contributed by atoms with van der Waals surface area (Å²) in [5.41, 5.74) is 7.87. The maximum absolute atomic E-state index is 11.8. The van der Waals surface area contributed by atoms with E-state index in [1.165, 1.54) is 19.0 Å². The number of pyridine rings is 1. The number of nitrogens with two attached hydrogens (primary N) is 1. The van der Waals surface area contributed by atoms with E-state index in [-0.39, 0.29) is 5.91 Å². The lowest BCUT2D eigenvalue weighted by Crippen LogP contribution is -2.29. The molecule has 1 aromatic heterocycles. The zero-order chi connectivity index (χ0) is 11.8. The molecule has 16 heavy (non-hydrogen) atoms. The number of nitrogen functional groups attached to an aromatic ring is 1. The minimum atomic E-state index is -0.127. The molecular formula is C12H17N3O. The van der Waals surface area contributed by atoms with Gasteiger partial charge in [0.15, 0.2) is 0 Å². The first-order valence-electron chi connectivity index (χ1n) is 5.50. The summed E-state index contributed by atoms with van der Waals surface area (Å²) in [7, 11) is 0. The van der Waals surface area contributed by atoms with Crippen LogP contribution in [0.15, 0.2) is 12.3 Å². The lowest BCUT2D eigenvalue weighted by Gasteiger charge is -2.11. The fourth-order valence-electron chi connectivity index (χ4n) is 1.55. The molecule has 0 saturated heterocycles. The molecule has 0 aliphatic heterocycles. The molecule has 2 rings (SSSR count). The predicted octanol–water partition coefficient (Wildman–Crippen LogP) is 1.50. The minimum absolute atomic E-state index is 0.127. The molecular weight excluding hydrogens is 202 g/mol. The Bertz CT molecular complexity index is 424. The van der Waals surface area contributed by atoms with E-state index in [9.17, 15) is 4.79 Å². The van der Waals surface area contributed by atoms with E-state index in [0.29, 0.717) is 16.7 Å². The van der Waals surface area contributed by atoms with Crippen LogP contribution in [0.1, 0.15) is 35.8 Å². The number of amides is 1. The number of carbonyl (C=O) groups is 1. The SMILES string of the molecule is Cc1cc(N)c(C(=O)NCC2(C)CC2)cn1. The highest BCUT2D eigenvalue weighted by Gasteiger charge is 2.37. The molecule has 0 radical (unpaired) electrons. The highest BCUT2D eigenvalue weighted by atomic mass is 16.1. The van der Waals surface area contributed by atoms with Gasteiger partial charge in [0, 0.05) is 24.1 Å².